The third kappa shape index (κ3) is 6.81. The van der Waals surface area contributed by atoms with Crippen LogP contribution in [0.4, 0.5) is 0 Å². The molecule has 1 aromatic heterocycles. The summed E-state index contributed by atoms with van der Waals surface area (Å²) < 4.78 is 12.0. The van der Waals surface area contributed by atoms with E-state index in [0.29, 0.717) is 19.8 Å². The Kier molecular flexibility index (Phi) is 8.17. The Labute approximate surface area is 217 Å². The number of aromatic nitrogens is 3. The van der Waals surface area contributed by atoms with Crippen LogP contribution in [0.5, 0.6) is 5.75 Å². The standard InChI is InChI=1S/C32H29N3O2/c1-3-11-26(12-4-1)15-9-22-36-24-21-28-19-20-32(37-23-10-16-27-13-5-2-6-14-27)31(25-28)35-33-29-17-7-8-18-30(29)34-35/h1-20,25H,21-24H2/b15-9+,16-10+. The monoisotopic (exact) mass is 487 g/mol. The van der Waals surface area contributed by atoms with Crippen molar-refractivity contribution < 1.29 is 9.47 Å². The molecule has 0 aliphatic rings. The largest absolute Gasteiger partial charge is 0.487 e. The fraction of sp³-hybridized carbons (Fsp3) is 0.125. The van der Waals surface area contributed by atoms with E-state index >= 15 is 0 Å². The van der Waals surface area contributed by atoms with Crippen LogP contribution in [0.15, 0.2) is 115 Å². The first kappa shape index (κ1) is 24.2. The van der Waals surface area contributed by atoms with E-state index in [1.54, 1.807) is 4.80 Å². The van der Waals surface area contributed by atoms with Crippen LogP contribution in [0.3, 0.4) is 0 Å². The second-order valence-corrected chi connectivity index (χ2v) is 8.54. The van der Waals surface area contributed by atoms with Gasteiger partial charge < -0.3 is 9.47 Å². The average molecular weight is 488 g/mol. The van der Waals surface area contributed by atoms with Crippen LogP contribution in [0.2, 0.25) is 0 Å². The SMILES string of the molecule is C(=C\c1ccccc1)/COCCc1ccc(OC/C=C/c2ccccc2)c(-n2nc3ccccc3n2)c1. The van der Waals surface area contributed by atoms with E-state index in [0.717, 1.165) is 40.0 Å². The average Bonchev–Trinajstić information content (AvgIpc) is 3.39. The second-order valence-electron chi connectivity index (χ2n) is 8.54. The van der Waals surface area contributed by atoms with Crippen molar-refractivity contribution in [1.82, 2.24) is 15.0 Å². The van der Waals surface area contributed by atoms with Gasteiger partial charge in [-0.05, 0) is 53.5 Å². The van der Waals surface area contributed by atoms with Crippen LogP contribution in [-0.2, 0) is 11.2 Å². The molecule has 0 bridgehead atoms. The van der Waals surface area contributed by atoms with Gasteiger partial charge in [-0.1, -0.05) is 97.1 Å². The van der Waals surface area contributed by atoms with E-state index in [-0.39, 0.29) is 0 Å². The van der Waals surface area contributed by atoms with Gasteiger partial charge >= 0.3 is 0 Å². The third-order valence-electron chi connectivity index (χ3n) is 5.83. The number of rotatable bonds is 11. The maximum atomic E-state index is 6.14. The van der Waals surface area contributed by atoms with E-state index in [1.165, 1.54) is 5.56 Å². The van der Waals surface area contributed by atoms with Crippen LogP contribution < -0.4 is 4.74 Å². The highest BCUT2D eigenvalue weighted by Crippen LogP contribution is 2.25. The highest BCUT2D eigenvalue weighted by molar-refractivity contribution is 5.73. The predicted octanol–water partition coefficient (Wildman–Crippen LogP) is 6.79. The number of ether oxygens (including phenoxy) is 2. The van der Waals surface area contributed by atoms with E-state index < -0.39 is 0 Å². The molecule has 4 aromatic carbocycles. The summed E-state index contributed by atoms with van der Waals surface area (Å²) in [5.74, 6) is 0.730. The molecule has 5 nitrogen and oxygen atoms in total. The molecule has 0 aliphatic heterocycles. The third-order valence-corrected chi connectivity index (χ3v) is 5.83. The van der Waals surface area contributed by atoms with Gasteiger partial charge in [-0.15, -0.1) is 15.0 Å². The fourth-order valence-electron chi connectivity index (χ4n) is 3.94. The van der Waals surface area contributed by atoms with E-state index in [4.69, 9.17) is 9.47 Å². The molecule has 0 saturated carbocycles. The number of benzene rings is 4. The molecule has 0 atom stereocenters. The van der Waals surface area contributed by atoms with Gasteiger partial charge in [-0.3, -0.25) is 0 Å². The Hall–Kier alpha value is -4.48. The molecule has 0 saturated heterocycles. The summed E-state index contributed by atoms with van der Waals surface area (Å²) in [4.78, 5) is 1.66. The molecule has 5 aromatic rings. The summed E-state index contributed by atoms with van der Waals surface area (Å²) in [5, 5.41) is 9.35. The molecule has 0 N–H and O–H groups in total. The van der Waals surface area contributed by atoms with Gasteiger partial charge in [0.05, 0.1) is 13.2 Å². The first-order chi connectivity index (χ1) is 18.3. The highest BCUT2D eigenvalue weighted by atomic mass is 16.5. The van der Waals surface area contributed by atoms with E-state index in [2.05, 4.69) is 58.7 Å². The van der Waals surface area contributed by atoms with Crippen molar-refractivity contribution in [2.75, 3.05) is 19.8 Å². The number of hydrogen-bond acceptors (Lipinski definition) is 4. The van der Waals surface area contributed by atoms with Crippen LogP contribution in [0.1, 0.15) is 16.7 Å². The summed E-state index contributed by atoms with van der Waals surface area (Å²) >= 11 is 0. The molecular weight excluding hydrogens is 458 g/mol. The highest BCUT2D eigenvalue weighted by Gasteiger charge is 2.11. The number of nitrogens with zero attached hydrogens (tertiary/aromatic N) is 3. The first-order valence-corrected chi connectivity index (χ1v) is 12.4. The van der Waals surface area contributed by atoms with Crippen molar-refractivity contribution in [3.63, 3.8) is 0 Å². The molecular formula is C32H29N3O2. The second kappa shape index (κ2) is 12.5. The Morgan fingerprint density at radius 3 is 1.89 bits per heavy atom. The molecule has 1 heterocycles. The van der Waals surface area contributed by atoms with Crippen molar-refractivity contribution in [3.05, 3.63) is 132 Å². The van der Waals surface area contributed by atoms with Crippen LogP contribution in [0.25, 0.3) is 28.9 Å². The fourth-order valence-corrected chi connectivity index (χ4v) is 3.94. The summed E-state index contributed by atoms with van der Waals surface area (Å²) in [5.41, 5.74) is 5.94. The van der Waals surface area contributed by atoms with Crippen molar-refractivity contribution in [2.24, 2.45) is 0 Å². The van der Waals surface area contributed by atoms with E-state index in [1.807, 2.05) is 78.9 Å². The predicted molar refractivity (Wildman–Crippen MR) is 150 cm³/mol. The molecule has 0 unspecified atom stereocenters. The van der Waals surface area contributed by atoms with Gasteiger partial charge in [-0.2, -0.15) is 0 Å². The van der Waals surface area contributed by atoms with E-state index in [9.17, 15) is 0 Å². The minimum Gasteiger partial charge on any atom is -0.487 e. The topological polar surface area (TPSA) is 49.2 Å². The van der Waals surface area contributed by atoms with Crippen molar-refractivity contribution >= 4 is 23.2 Å². The first-order valence-electron chi connectivity index (χ1n) is 12.4. The van der Waals surface area contributed by atoms with Gasteiger partial charge in [0.2, 0.25) is 0 Å². The lowest BCUT2D eigenvalue weighted by Crippen LogP contribution is -2.06. The Balaban J connectivity index is 1.26. The number of fused-ring (bicyclic) bond motifs is 1. The molecule has 184 valence electrons. The molecule has 0 radical (unpaired) electrons. The Bertz CT molecular complexity index is 1440. The minimum atomic E-state index is 0.443. The summed E-state index contributed by atoms with van der Waals surface area (Å²) in [6, 6.07) is 34.4. The van der Waals surface area contributed by atoms with Gasteiger partial charge in [0, 0.05) is 0 Å². The smallest absolute Gasteiger partial charge is 0.147 e. The molecule has 5 rings (SSSR count). The summed E-state index contributed by atoms with van der Waals surface area (Å²) in [7, 11) is 0. The zero-order valence-corrected chi connectivity index (χ0v) is 20.6. The van der Waals surface area contributed by atoms with Gasteiger partial charge in [0.1, 0.15) is 29.1 Å². The Morgan fingerprint density at radius 1 is 0.649 bits per heavy atom. The molecule has 0 spiro atoms. The normalized spacial score (nSPS) is 11.6. The summed E-state index contributed by atoms with van der Waals surface area (Å²) in [6.45, 7) is 1.63. The molecule has 5 heteroatoms. The summed E-state index contributed by atoms with van der Waals surface area (Å²) in [6.07, 6.45) is 8.96. The molecule has 0 fully saturated rings. The molecule has 37 heavy (non-hydrogen) atoms. The van der Waals surface area contributed by atoms with Crippen molar-refractivity contribution in [2.45, 2.75) is 6.42 Å². The lowest BCUT2D eigenvalue weighted by molar-refractivity contribution is 0.166. The quantitative estimate of drug-likeness (QED) is 0.193. The maximum Gasteiger partial charge on any atom is 0.147 e. The van der Waals surface area contributed by atoms with Gasteiger partial charge in [0.15, 0.2) is 0 Å². The molecule has 0 amide bonds. The van der Waals surface area contributed by atoms with Gasteiger partial charge in [0.25, 0.3) is 0 Å². The van der Waals surface area contributed by atoms with Crippen molar-refractivity contribution in [3.8, 4) is 11.4 Å². The lowest BCUT2D eigenvalue weighted by atomic mass is 10.1. The van der Waals surface area contributed by atoms with Crippen molar-refractivity contribution in [1.29, 1.82) is 0 Å². The van der Waals surface area contributed by atoms with Gasteiger partial charge in [-0.25, -0.2) is 0 Å². The lowest BCUT2D eigenvalue weighted by Gasteiger charge is -2.12. The van der Waals surface area contributed by atoms with Crippen LogP contribution in [-0.4, -0.2) is 34.8 Å². The maximum absolute atomic E-state index is 6.14. The van der Waals surface area contributed by atoms with Crippen LogP contribution >= 0.6 is 0 Å². The minimum absolute atomic E-state index is 0.443. The zero-order chi connectivity index (χ0) is 25.1. The number of hydrogen-bond donors (Lipinski definition) is 0. The zero-order valence-electron chi connectivity index (χ0n) is 20.6. The Morgan fingerprint density at radius 2 is 1.24 bits per heavy atom. The van der Waals surface area contributed by atoms with Crippen LogP contribution in [0, 0.1) is 0 Å². The molecule has 0 aliphatic carbocycles.